The van der Waals surface area contributed by atoms with Gasteiger partial charge in [-0.15, -0.1) is 0 Å². The van der Waals surface area contributed by atoms with Crippen LogP contribution < -0.4 is 5.73 Å². The van der Waals surface area contributed by atoms with Crippen molar-refractivity contribution in [3.05, 3.63) is 18.3 Å². The van der Waals surface area contributed by atoms with Crippen molar-refractivity contribution in [1.82, 2.24) is 19.7 Å². The zero-order chi connectivity index (χ0) is 12.5. The second-order valence-electron chi connectivity index (χ2n) is 4.15. The fourth-order valence-corrected chi connectivity index (χ4v) is 1.65. The third-order valence-corrected chi connectivity index (χ3v) is 3.13. The van der Waals surface area contributed by atoms with Gasteiger partial charge in [-0.2, -0.15) is 4.98 Å². The first-order chi connectivity index (χ1) is 8.10. The van der Waals surface area contributed by atoms with Crippen LogP contribution in [0.15, 0.2) is 16.9 Å². The molecule has 0 aliphatic rings. The van der Waals surface area contributed by atoms with Gasteiger partial charge < -0.3 is 14.8 Å². The Morgan fingerprint density at radius 1 is 1.41 bits per heavy atom. The minimum Gasteiger partial charge on any atom is -0.337 e. The summed E-state index contributed by atoms with van der Waals surface area (Å²) in [4.78, 5) is 8.51. The van der Waals surface area contributed by atoms with E-state index in [2.05, 4.69) is 15.1 Å². The van der Waals surface area contributed by atoms with E-state index in [1.807, 2.05) is 31.7 Å². The van der Waals surface area contributed by atoms with E-state index in [0.29, 0.717) is 17.5 Å². The molecule has 0 aliphatic carbocycles. The second kappa shape index (κ2) is 4.29. The lowest BCUT2D eigenvalue weighted by atomic mass is 9.94. The van der Waals surface area contributed by atoms with E-state index in [-0.39, 0.29) is 0 Å². The summed E-state index contributed by atoms with van der Waals surface area (Å²) < 4.78 is 7.09. The molecule has 6 nitrogen and oxygen atoms in total. The van der Waals surface area contributed by atoms with Crippen LogP contribution in [0.3, 0.4) is 0 Å². The molecule has 0 spiro atoms. The van der Waals surface area contributed by atoms with Crippen LogP contribution in [0.4, 0.5) is 0 Å². The van der Waals surface area contributed by atoms with Crippen LogP contribution in [-0.2, 0) is 12.6 Å². The summed E-state index contributed by atoms with van der Waals surface area (Å²) >= 11 is 0. The maximum absolute atomic E-state index is 6.20. The van der Waals surface area contributed by atoms with Crippen molar-refractivity contribution in [2.75, 3.05) is 0 Å². The Morgan fingerprint density at radius 3 is 2.65 bits per heavy atom. The maximum atomic E-state index is 6.20. The number of aryl methyl sites for hydroxylation is 1. The Labute approximate surface area is 99.8 Å². The fraction of sp³-hybridized carbons (Fsp3) is 0.545. The summed E-state index contributed by atoms with van der Waals surface area (Å²) in [7, 11) is 1.88. The van der Waals surface area contributed by atoms with Gasteiger partial charge in [0.25, 0.3) is 0 Å². The van der Waals surface area contributed by atoms with Crippen LogP contribution in [-0.4, -0.2) is 19.7 Å². The molecule has 0 radical (unpaired) electrons. The molecule has 0 bridgehead atoms. The first-order valence-electron chi connectivity index (χ1n) is 5.71. The lowest BCUT2D eigenvalue weighted by molar-refractivity contribution is 0.268. The molecular weight excluding hydrogens is 218 g/mol. The molecule has 0 amide bonds. The molecule has 2 rings (SSSR count). The highest BCUT2D eigenvalue weighted by Crippen LogP contribution is 2.25. The number of imidazole rings is 1. The van der Waals surface area contributed by atoms with Crippen molar-refractivity contribution in [2.24, 2.45) is 12.8 Å². The number of nitrogens with zero attached hydrogens (tertiary/aromatic N) is 4. The minimum atomic E-state index is -0.545. The number of hydrogen-bond donors (Lipinski definition) is 1. The van der Waals surface area contributed by atoms with Crippen LogP contribution in [0, 0.1) is 0 Å². The van der Waals surface area contributed by atoms with Crippen molar-refractivity contribution in [3.63, 3.8) is 0 Å². The van der Waals surface area contributed by atoms with Gasteiger partial charge in [-0.1, -0.05) is 19.0 Å². The molecule has 2 heterocycles. The topological polar surface area (TPSA) is 82.8 Å². The number of nitrogens with two attached hydrogens (primary N) is 1. The predicted molar refractivity (Wildman–Crippen MR) is 62.9 cm³/mol. The fourth-order valence-electron chi connectivity index (χ4n) is 1.65. The molecule has 0 saturated carbocycles. The average molecular weight is 235 g/mol. The molecule has 0 unspecified atom stereocenters. The molecule has 0 aromatic carbocycles. The molecule has 17 heavy (non-hydrogen) atoms. The van der Waals surface area contributed by atoms with Gasteiger partial charge in [-0.05, 0) is 12.8 Å². The van der Waals surface area contributed by atoms with E-state index in [1.54, 1.807) is 6.20 Å². The lowest BCUT2D eigenvalue weighted by Crippen LogP contribution is -2.35. The van der Waals surface area contributed by atoms with Crippen LogP contribution in [0.25, 0.3) is 11.6 Å². The van der Waals surface area contributed by atoms with Crippen molar-refractivity contribution >= 4 is 0 Å². The molecule has 0 saturated heterocycles. The summed E-state index contributed by atoms with van der Waals surface area (Å²) in [5, 5.41) is 3.93. The molecule has 2 N–H and O–H groups in total. The van der Waals surface area contributed by atoms with Gasteiger partial charge in [0.2, 0.25) is 11.7 Å². The Kier molecular flexibility index (Phi) is 2.97. The molecule has 6 heteroatoms. The van der Waals surface area contributed by atoms with Gasteiger partial charge in [0.05, 0.1) is 5.54 Å². The molecule has 0 aliphatic heterocycles. The average Bonchev–Trinajstić information content (AvgIpc) is 2.96. The Morgan fingerprint density at radius 2 is 2.12 bits per heavy atom. The zero-order valence-corrected chi connectivity index (χ0v) is 10.3. The summed E-state index contributed by atoms with van der Waals surface area (Å²) in [6, 6.07) is 0. The largest absolute Gasteiger partial charge is 0.337 e. The first-order valence-corrected chi connectivity index (χ1v) is 5.71. The number of rotatable bonds is 4. The molecule has 2 aromatic heterocycles. The normalized spacial score (nSPS) is 12.0. The smallest absolute Gasteiger partial charge is 0.247 e. The van der Waals surface area contributed by atoms with Gasteiger partial charge in [0.1, 0.15) is 0 Å². The van der Waals surface area contributed by atoms with Gasteiger partial charge in [0.15, 0.2) is 5.82 Å². The first kappa shape index (κ1) is 11.8. The van der Waals surface area contributed by atoms with E-state index >= 15 is 0 Å². The quantitative estimate of drug-likeness (QED) is 0.867. The van der Waals surface area contributed by atoms with Crippen LogP contribution in [0.5, 0.6) is 0 Å². The highest BCUT2D eigenvalue weighted by molar-refractivity contribution is 5.42. The monoisotopic (exact) mass is 235 g/mol. The molecular formula is C11H17N5O. The maximum Gasteiger partial charge on any atom is 0.247 e. The summed E-state index contributed by atoms with van der Waals surface area (Å²) in [5.74, 6) is 1.62. The van der Waals surface area contributed by atoms with Gasteiger partial charge in [0, 0.05) is 19.4 Å². The van der Waals surface area contributed by atoms with Gasteiger partial charge >= 0.3 is 0 Å². The van der Waals surface area contributed by atoms with E-state index < -0.39 is 5.54 Å². The number of aromatic nitrogens is 4. The van der Waals surface area contributed by atoms with Crippen molar-refractivity contribution in [2.45, 2.75) is 32.2 Å². The SMILES string of the molecule is CCC(N)(CC)c1nc(-c2nccn2C)no1. The summed E-state index contributed by atoms with van der Waals surface area (Å²) in [5.41, 5.74) is 5.65. The van der Waals surface area contributed by atoms with E-state index in [9.17, 15) is 0 Å². The van der Waals surface area contributed by atoms with E-state index in [4.69, 9.17) is 10.3 Å². The molecule has 0 fully saturated rings. The molecule has 0 atom stereocenters. The van der Waals surface area contributed by atoms with Crippen LogP contribution >= 0.6 is 0 Å². The number of hydrogen-bond acceptors (Lipinski definition) is 5. The van der Waals surface area contributed by atoms with Gasteiger partial charge in [-0.3, -0.25) is 0 Å². The third kappa shape index (κ3) is 1.95. The third-order valence-electron chi connectivity index (χ3n) is 3.13. The second-order valence-corrected chi connectivity index (χ2v) is 4.15. The summed E-state index contributed by atoms with van der Waals surface area (Å²) in [6.45, 7) is 4.02. The highest BCUT2D eigenvalue weighted by Gasteiger charge is 2.30. The van der Waals surface area contributed by atoms with Crippen LogP contribution in [0.1, 0.15) is 32.6 Å². The highest BCUT2D eigenvalue weighted by atomic mass is 16.5. The van der Waals surface area contributed by atoms with Crippen molar-refractivity contribution < 1.29 is 4.52 Å². The zero-order valence-electron chi connectivity index (χ0n) is 10.3. The van der Waals surface area contributed by atoms with E-state index in [1.165, 1.54) is 0 Å². The Bertz CT molecular complexity index is 497. The standard InChI is InChI=1S/C11H17N5O/c1-4-11(12,5-2)10-14-8(15-17-10)9-13-6-7-16(9)3/h6-7H,4-5,12H2,1-3H3. The van der Waals surface area contributed by atoms with Gasteiger partial charge in [-0.25, -0.2) is 4.98 Å². The lowest BCUT2D eigenvalue weighted by Gasteiger charge is -2.20. The molecule has 2 aromatic rings. The van der Waals surface area contributed by atoms with Crippen molar-refractivity contribution in [1.29, 1.82) is 0 Å². The van der Waals surface area contributed by atoms with E-state index in [0.717, 1.165) is 12.8 Å². The molecule has 92 valence electrons. The Balaban J connectivity index is 2.37. The predicted octanol–water partition coefficient (Wildman–Crippen LogP) is 1.44. The minimum absolute atomic E-state index is 0.473. The summed E-state index contributed by atoms with van der Waals surface area (Å²) in [6.07, 6.45) is 5.04. The van der Waals surface area contributed by atoms with Crippen LogP contribution in [0.2, 0.25) is 0 Å². The van der Waals surface area contributed by atoms with Crippen molar-refractivity contribution in [3.8, 4) is 11.6 Å². The Hall–Kier alpha value is -1.69.